The summed E-state index contributed by atoms with van der Waals surface area (Å²) in [5, 5.41) is 23.5. The summed E-state index contributed by atoms with van der Waals surface area (Å²) in [5.41, 5.74) is 1.09. The molecule has 0 amide bonds. The molecule has 0 aliphatic carbocycles. The van der Waals surface area contributed by atoms with Crippen molar-refractivity contribution in [2.45, 2.75) is 58.3 Å². The third kappa shape index (κ3) is 19.5. The minimum atomic E-state index is -1.83. The van der Waals surface area contributed by atoms with Gasteiger partial charge in [0, 0.05) is 0 Å². The molecule has 0 aliphatic rings. The summed E-state index contributed by atoms with van der Waals surface area (Å²) < 4.78 is 0. The average Bonchev–Trinajstić information content (AvgIpc) is 2.39. The van der Waals surface area contributed by atoms with Crippen molar-refractivity contribution in [3.8, 4) is 5.75 Å². The van der Waals surface area contributed by atoms with Crippen LogP contribution in [0.2, 0.25) is 0 Å². The summed E-state index contributed by atoms with van der Waals surface area (Å²) in [6.07, 6.45) is 8.45. The Morgan fingerprint density at radius 3 is 1.86 bits per heavy atom. The molecule has 1 aromatic rings. The molecule has 122 valence electrons. The van der Waals surface area contributed by atoms with Crippen LogP contribution >= 0.6 is 0 Å². The van der Waals surface area contributed by atoms with Gasteiger partial charge in [-0.1, -0.05) is 63.6 Å². The van der Waals surface area contributed by atoms with Gasteiger partial charge in [-0.15, -0.1) is 0 Å². The zero-order valence-corrected chi connectivity index (χ0v) is 12.2. The number of aromatic hydroxyl groups is 1. The van der Waals surface area contributed by atoms with Crippen molar-refractivity contribution < 1.29 is 20.1 Å². The summed E-state index contributed by atoms with van der Waals surface area (Å²) >= 11 is 0. The molecule has 0 aromatic heterocycles. The van der Waals surface area contributed by atoms with Crippen LogP contribution in [0.5, 0.6) is 5.75 Å². The van der Waals surface area contributed by atoms with Crippen LogP contribution in [0.15, 0.2) is 24.3 Å². The first kappa shape index (κ1) is 28.2. The van der Waals surface area contributed by atoms with Crippen molar-refractivity contribution in [1.82, 2.24) is 0 Å². The number of rotatable bonds is 8. The Balaban J connectivity index is -0.000000538. The molecule has 0 bridgehead atoms. The van der Waals surface area contributed by atoms with E-state index in [9.17, 15) is 5.11 Å². The monoisotopic (exact) mass is 562 g/mol. The van der Waals surface area contributed by atoms with E-state index in [1.165, 1.54) is 44.9 Å². The van der Waals surface area contributed by atoms with Crippen molar-refractivity contribution >= 4 is 104 Å². The molecule has 4 nitrogen and oxygen atoms in total. The van der Waals surface area contributed by atoms with E-state index in [2.05, 4.69) is 6.92 Å². The van der Waals surface area contributed by atoms with Crippen LogP contribution in [0, 0.1) is 0 Å². The normalized spacial score (nSPS) is 8.77. The predicted octanol–water partition coefficient (Wildman–Crippen LogP) is 3.08. The molecule has 6 heteroatoms. The molecule has 0 unspecified atom stereocenters. The molecule has 1 rings (SSSR count). The van der Waals surface area contributed by atoms with Gasteiger partial charge in [0.2, 0.25) is 0 Å². The molecule has 22 heavy (non-hydrogen) atoms. The van der Waals surface area contributed by atoms with Crippen LogP contribution in [0.3, 0.4) is 0 Å². The Morgan fingerprint density at radius 1 is 0.909 bits per heavy atom. The quantitative estimate of drug-likeness (QED) is 0.337. The number of phenolic OH excluding ortho intramolecular Hbond substituents is 1. The molecule has 0 radical (unpaired) electrons. The third-order valence-corrected chi connectivity index (χ3v) is 3.04. The fraction of sp³-hybridized carbons (Fsp3) is 0.562. The number of aryl methyl sites for hydroxylation is 1. The van der Waals surface area contributed by atoms with Gasteiger partial charge in [-0.05, 0) is 24.5 Å². The Bertz CT molecular complexity index is 369. The topological polar surface area (TPSA) is 77.8 Å². The first-order valence-corrected chi connectivity index (χ1v) is 7.26. The number of benzene rings is 1. The zero-order valence-electron chi connectivity index (χ0n) is 12.2. The van der Waals surface area contributed by atoms with Gasteiger partial charge in [0.15, 0.2) is 0 Å². The summed E-state index contributed by atoms with van der Waals surface area (Å²) in [6.45, 7) is 2.25. The van der Waals surface area contributed by atoms with E-state index in [1.807, 2.05) is 18.2 Å². The molecule has 0 saturated heterocycles. The first-order valence-electron chi connectivity index (χ1n) is 7.26. The number of phenols is 1. The van der Waals surface area contributed by atoms with E-state index in [-0.39, 0.29) is 97.8 Å². The van der Waals surface area contributed by atoms with Gasteiger partial charge in [0.1, 0.15) is 5.75 Å². The second kappa shape index (κ2) is 20.5. The number of para-hydroxylation sites is 1. The molecule has 0 atom stereocenters. The van der Waals surface area contributed by atoms with Crippen LogP contribution in [0.25, 0.3) is 0 Å². The molecule has 1 aromatic carbocycles. The number of hydrogen-bond acceptors (Lipinski definition) is 2. The van der Waals surface area contributed by atoms with E-state index in [1.54, 1.807) is 6.07 Å². The Kier molecular flexibility index (Phi) is 26.3. The minimum absolute atomic E-state index is 0. The summed E-state index contributed by atoms with van der Waals surface area (Å²) in [4.78, 5) is 8.56. The van der Waals surface area contributed by atoms with Gasteiger partial charge in [-0.25, -0.2) is 4.79 Å². The molecule has 0 heterocycles. The number of unbranched alkanes of at least 4 members (excludes halogenated alkanes) is 6. The van der Waals surface area contributed by atoms with Crippen molar-refractivity contribution in [1.29, 1.82) is 0 Å². The molecular weight excluding hydrogens is 531 g/mol. The average molecular weight is 561 g/mol. The fourth-order valence-corrected chi connectivity index (χ4v) is 1.99. The molecule has 0 aliphatic heterocycles. The first-order chi connectivity index (χ1) is 9.57. The molecule has 0 saturated carbocycles. The van der Waals surface area contributed by atoms with Crippen LogP contribution in [0.1, 0.15) is 57.4 Å². The Hall–Kier alpha value is 1.43. The Morgan fingerprint density at radius 2 is 1.36 bits per heavy atom. The summed E-state index contributed by atoms with van der Waals surface area (Å²) in [5.74, 6) is 0.452. The van der Waals surface area contributed by atoms with Crippen molar-refractivity contribution in [2.75, 3.05) is 0 Å². The SMILES string of the molecule is CCCCCCCCCc1ccccc1O.O=C(O)O.[BaH2].[BaH2]. The van der Waals surface area contributed by atoms with Gasteiger partial charge in [0.25, 0.3) is 0 Å². The van der Waals surface area contributed by atoms with Crippen LogP contribution < -0.4 is 0 Å². The van der Waals surface area contributed by atoms with E-state index in [0.717, 1.165) is 12.0 Å². The van der Waals surface area contributed by atoms with Gasteiger partial charge in [-0.2, -0.15) is 0 Å². The van der Waals surface area contributed by atoms with E-state index in [4.69, 9.17) is 15.0 Å². The van der Waals surface area contributed by atoms with Crippen molar-refractivity contribution in [3.63, 3.8) is 0 Å². The Labute approximate surface area is 214 Å². The summed E-state index contributed by atoms with van der Waals surface area (Å²) in [7, 11) is 0. The predicted molar refractivity (Wildman–Crippen MR) is 97.5 cm³/mol. The van der Waals surface area contributed by atoms with Crippen molar-refractivity contribution in [2.24, 2.45) is 0 Å². The molecular formula is C16H30Ba2O4. The molecule has 0 fully saturated rings. The van der Waals surface area contributed by atoms with E-state index in [0.29, 0.717) is 5.75 Å². The van der Waals surface area contributed by atoms with Gasteiger partial charge >= 0.3 is 104 Å². The van der Waals surface area contributed by atoms with E-state index >= 15 is 0 Å². The number of carbonyl (C=O) groups is 1. The van der Waals surface area contributed by atoms with Crippen LogP contribution in [-0.2, 0) is 6.42 Å². The summed E-state index contributed by atoms with van der Waals surface area (Å²) in [6, 6.07) is 7.67. The van der Waals surface area contributed by atoms with Gasteiger partial charge < -0.3 is 15.3 Å². The van der Waals surface area contributed by atoms with Gasteiger partial charge in [0.05, 0.1) is 0 Å². The zero-order chi connectivity index (χ0) is 15.2. The maximum absolute atomic E-state index is 9.58. The number of hydrogen-bond donors (Lipinski definition) is 3. The molecule has 3 N–H and O–H groups in total. The van der Waals surface area contributed by atoms with Gasteiger partial charge in [-0.3, -0.25) is 0 Å². The maximum atomic E-state index is 9.58. The second-order valence-corrected chi connectivity index (χ2v) is 4.78. The van der Waals surface area contributed by atoms with Crippen LogP contribution in [-0.4, -0.2) is 119 Å². The third-order valence-electron chi connectivity index (χ3n) is 3.04. The van der Waals surface area contributed by atoms with Crippen LogP contribution in [0.4, 0.5) is 4.79 Å². The van der Waals surface area contributed by atoms with E-state index < -0.39 is 6.16 Å². The fourth-order valence-electron chi connectivity index (χ4n) is 1.99. The molecule has 0 spiro atoms. The number of carboxylic acid groups (broad SMARTS) is 2. The van der Waals surface area contributed by atoms with Crippen molar-refractivity contribution in [3.05, 3.63) is 29.8 Å². The second-order valence-electron chi connectivity index (χ2n) is 4.78. The standard InChI is InChI=1S/C15H24O.CH2O3.2Ba.4H/c1-2-3-4-5-6-7-8-11-14-12-9-10-13-15(14)16;2-1(3)4;;;;;;/h9-10,12-13,16H,2-8,11H2,1H3;(H2,2,3,4);;;;;;.